The van der Waals surface area contributed by atoms with Crippen molar-refractivity contribution in [3.63, 3.8) is 0 Å². The molecule has 0 atom stereocenters. The van der Waals surface area contributed by atoms with Gasteiger partial charge in [-0.15, -0.1) is 11.3 Å². The lowest BCUT2D eigenvalue weighted by molar-refractivity contribution is -0.114. The quantitative estimate of drug-likeness (QED) is 0.400. The van der Waals surface area contributed by atoms with Crippen LogP contribution in [0.15, 0.2) is 48.5 Å². The fraction of sp³-hybridized carbons (Fsp3) is 0.174. The predicted molar refractivity (Wildman–Crippen MR) is 128 cm³/mol. The molecule has 2 N–H and O–H groups in total. The smallest absolute Gasteiger partial charge is 0.265 e. The topological polar surface area (TPSA) is 85.2 Å². The molecule has 0 aliphatic carbocycles. The first-order valence-electron chi connectivity index (χ1n) is 9.82. The number of aromatic nitrogens is 2. The van der Waals surface area contributed by atoms with E-state index in [-0.39, 0.29) is 11.8 Å². The minimum atomic E-state index is -0.275. The van der Waals surface area contributed by atoms with Crippen molar-refractivity contribution in [2.24, 2.45) is 0 Å². The second kappa shape index (κ2) is 9.02. The summed E-state index contributed by atoms with van der Waals surface area (Å²) in [5.41, 5.74) is 2.87. The third-order valence-electron chi connectivity index (χ3n) is 4.86. The molecule has 0 saturated carbocycles. The molecule has 0 radical (unpaired) electrons. The van der Waals surface area contributed by atoms with Crippen LogP contribution in [-0.4, -0.2) is 28.7 Å². The van der Waals surface area contributed by atoms with Crippen molar-refractivity contribution >= 4 is 56.3 Å². The van der Waals surface area contributed by atoms with Crippen LogP contribution in [0.2, 0.25) is 5.02 Å². The van der Waals surface area contributed by atoms with Gasteiger partial charge in [-0.3, -0.25) is 14.3 Å². The molecule has 2 aromatic carbocycles. The number of carbonyl (C=O) groups excluding carboxylic acids is 2. The van der Waals surface area contributed by atoms with Crippen molar-refractivity contribution in [2.45, 2.75) is 20.4 Å². The van der Waals surface area contributed by atoms with Crippen molar-refractivity contribution in [3.05, 3.63) is 69.7 Å². The number of thiophene rings is 1. The Bertz CT molecular complexity index is 1310. The molecular formula is C23H21ClN4O3S. The van der Waals surface area contributed by atoms with Gasteiger partial charge in [-0.1, -0.05) is 23.7 Å². The zero-order valence-electron chi connectivity index (χ0n) is 17.7. The summed E-state index contributed by atoms with van der Waals surface area (Å²) in [5.74, 6) is 0.0640. The molecule has 0 saturated heterocycles. The van der Waals surface area contributed by atoms with Crippen LogP contribution in [0.3, 0.4) is 0 Å². The van der Waals surface area contributed by atoms with Crippen molar-refractivity contribution in [1.29, 1.82) is 0 Å². The SMILES string of the molecule is COc1ccc(NC(C)=O)c(NC(=O)c2cc3c(C)nn(Cc4ccc(Cl)cc4)c3s2)c1. The summed E-state index contributed by atoms with van der Waals surface area (Å²) in [4.78, 5) is 26.0. The third kappa shape index (κ3) is 4.61. The average molecular weight is 469 g/mol. The maximum absolute atomic E-state index is 13.0. The van der Waals surface area contributed by atoms with Crippen LogP contribution >= 0.6 is 22.9 Å². The second-order valence-corrected chi connectivity index (χ2v) is 8.71. The van der Waals surface area contributed by atoms with Crippen molar-refractivity contribution in [3.8, 4) is 5.75 Å². The van der Waals surface area contributed by atoms with Crippen LogP contribution in [0, 0.1) is 6.92 Å². The monoisotopic (exact) mass is 468 g/mol. The summed E-state index contributed by atoms with van der Waals surface area (Å²) in [6, 6.07) is 14.5. The lowest BCUT2D eigenvalue weighted by atomic mass is 10.2. The number of nitrogens with one attached hydrogen (secondary N) is 2. The van der Waals surface area contributed by atoms with E-state index in [0.29, 0.717) is 33.6 Å². The van der Waals surface area contributed by atoms with E-state index in [1.165, 1.54) is 18.3 Å². The van der Waals surface area contributed by atoms with Crippen molar-refractivity contribution in [1.82, 2.24) is 9.78 Å². The molecular weight excluding hydrogens is 448 g/mol. The van der Waals surface area contributed by atoms with Crippen molar-refractivity contribution < 1.29 is 14.3 Å². The van der Waals surface area contributed by atoms with Gasteiger partial charge in [-0.2, -0.15) is 5.10 Å². The van der Waals surface area contributed by atoms with Crippen molar-refractivity contribution in [2.75, 3.05) is 17.7 Å². The van der Waals surface area contributed by atoms with E-state index in [9.17, 15) is 9.59 Å². The third-order valence-corrected chi connectivity index (χ3v) is 6.26. The first kappa shape index (κ1) is 21.9. The van der Waals surface area contributed by atoms with E-state index in [1.54, 1.807) is 25.3 Å². The highest BCUT2D eigenvalue weighted by molar-refractivity contribution is 7.20. The Morgan fingerprint density at radius 3 is 2.53 bits per heavy atom. The minimum Gasteiger partial charge on any atom is -0.497 e. The Labute approximate surface area is 194 Å². The number of amides is 2. The Morgan fingerprint density at radius 2 is 1.84 bits per heavy atom. The fourth-order valence-electron chi connectivity index (χ4n) is 3.33. The Kier molecular flexibility index (Phi) is 6.16. The number of anilines is 2. The van der Waals surface area contributed by atoms with Crippen LogP contribution < -0.4 is 15.4 Å². The van der Waals surface area contributed by atoms with E-state index in [4.69, 9.17) is 16.3 Å². The number of methoxy groups -OCH3 is 1. The van der Waals surface area contributed by atoms with Crippen LogP contribution in [0.4, 0.5) is 11.4 Å². The van der Waals surface area contributed by atoms with Crippen LogP contribution in [0.1, 0.15) is 27.9 Å². The maximum atomic E-state index is 13.0. The highest BCUT2D eigenvalue weighted by atomic mass is 35.5. The number of fused-ring (bicyclic) bond motifs is 1. The van der Waals surface area contributed by atoms with Gasteiger partial charge in [0.15, 0.2) is 0 Å². The number of benzene rings is 2. The number of carbonyl (C=O) groups is 2. The molecule has 2 amide bonds. The number of hydrogen-bond acceptors (Lipinski definition) is 5. The first-order chi connectivity index (χ1) is 15.3. The predicted octanol–water partition coefficient (Wildman–Crippen LogP) is 5.33. The van der Waals surface area contributed by atoms with E-state index in [0.717, 1.165) is 21.5 Å². The number of hydrogen-bond donors (Lipinski definition) is 2. The van der Waals surface area contributed by atoms with Crippen LogP contribution in [-0.2, 0) is 11.3 Å². The molecule has 0 spiro atoms. The summed E-state index contributed by atoms with van der Waals surface area (Å²) >= 11 is 7.35. The molecule has 4 aromatic rings. The maximum Gasteiger partial charge on any atom is 0.265 e. The number of aryl methyl sites for hydroxylation is 1. The molecule has 0 fully saturated rings. The lowest BCUT2D eigenvalue weighted by Gasteiger charge is -2.12. The molecule has 7 nitrogen and oxygen atoms in total. The first-order valence-corrected chi connectivity index (χ1v) is 11.0. The molecule has 2 heterocycles. The fourth-order valence-corrected chi connectivity index (χ4v) is 4.51. The molecule has 164 valence electrons. The van der Waals surface area contributed by atoms with E-state index < -0.39 is 0 Å². The van der Waals surface area contributed by atoms with Gasteiger partial charge in [-0.25, -0.2) is 0 Å². The van der Waals surface area contributed by atoms with Gasteiger partial charge in [-0.05, 0) is 42.8 Å². The average Bonchev–Trinajstić information content (AvgIpc) is 3.32. The molecule has 4 rings (SSSR count). The number of rotatable bonds is 6. The summed E-state index contributed by atoms with van der Waals surface area (Å²) in [5, 5.41) is 11.8. The van der Waals surface area contributed by atoms with E-state index in [2.05, 4.69) is 15.7 Å². The van der Waals surface area contributed by atoms with Gasteiger partial charge < -0.3 is 15.4 Å². The van der Waals surface area contributed by atoms with E-state index >= 15 is 0 Å². The lowest BCUT2D eigenvalue weighted by Crippen LogP contribution is -2.14. The molecule has 9 heteroatoms. The number of halogens is 1. The summed E-state index contributed by atoms with van der Waals surface area (Å²) in [7, 11) is 1.54. The van der Waals surface area contributed by atoms with Gasteiger partial charge in [0.25, 0.3) is 5.91 Å². The molecule has 2 aromatic heterocycles. The minimum absolute atomic E-state index is 0.231. The molecule has 0 aliphatic heterocycles. The summed E-state index contributed by atoms with van der Waals surface area (Å²) in [6.45, 7) is 3.91. The molecule has 0 bridgehead atoms. The number of ether oxygens (including phenoxy) is 1. The summed E-state index contributed by atoms with van der Waals surface area (Å²) in [6.07, 6.45) is 0. The number of nitrogens with zero attached hydrogens (tertiary/aromatic N) is 2. The Hall–Kier alpha value is -3.36. The highest BCUT2D eigenvalue weighted by Gasteiger charge is 2.18. The van der Waals surface area contributed by atoms with Crippen LogP contribution in [0.25, 0.3) is 10.2 Å². The van der Waals surface area contributed by atoms with Gasteiger partial charge in [0, 0.05) is 23.4 Å². The Morgan fingerprint density at radius 1 is 1.09 bits per heavy atom. The Balaban J connectivity index is 1.62. The zero-order valence-corrected chi connectivity index (χ0v) is 19.3. The normalized spacial score (nSPS) is 10.9. The molecule has 0 unspecified atom stereocenters. The van der Waals surface area contributed by atoms with Gasteiger partial charge in [0.2, 0.25) is 5.91 Å². The van der Waals surface area contributed by atoms with Crippen LogP contribution in [0.5, 0.6) is 5.75 Å². The zero-order chi connectivity index (χ0) is 22.8. The molecule has 32 heavy (non-hydrogen) atoms. The second-order valence-electron chi connectivity index (χ2n) is 7.25. The standard InChI is InChI=1S/C23H21ClN4O3S/c1-13-18-11-21(32-23(18)28(27-13)12-15-4-6-16(24)7-5-15)22(30)26-20-10-17(31-3)8-9-19(20)25-14(2)29/h4-11H,12H2,1-3H3,(H,25,29)(H,26,30). The highest BCUT2D eigenvalue weighted by Crippen LogP contribution is 2.32. The van der Waals surface area contributed by atoms with E-state index in [1.807, 2.05) is 41.9 Å². The van der Waals surface area contributed by atoms with Gasteiger partial charge >= 0.3 is 0 Å². The van der Waals surface area contributed by atoms with Gasteiger partial charge in [0.05, 0.1) is 35.6 Å². The summed E-state index contributed by atoms with van der Waals surface area (Å²) < 4.78 is 7.14. The molecule has 0 aliphatic rings. The largest absolute Gasteiger partial charge is 0.497 e. The van der Waals surface area contributed by atoms with Gasteiger partial charge in [0.1, 0.15) is 10.6 Å².